The van der Waals surface area contributed by atoms with Crippen LogP contribution in [0.3, 0.4) is 0 Å². The minimum absolute atomic E-state index is 0.0421. The number of hydrogen-bond donors (Lipinski definition) is 2. The van der Waals surface area contributed by atoms with Gasteiger partial charge in [-0.2, -0.15) is 0 Å². The highest BCUT2D eigenvalue weighted by molar-refractivity contribution is 6.31. The van der Waals surface area contributed by atoms with Crippen molar-refractivity contribution in [3.8, 4) is 5.75 Å². The highest BCUT2D eigenvalue weighted by atomic mass is 35.5. The largest absolute Gasteiger partial charge is 0.573 e. The minimum Gasteiger partial charge on any atom is -0.406 e. The molecule has 0 aliphatic heterocycles. The highest BCUT2D eigenvalue weighted by Gasteiger charge is 2.31. The van der Waals surface area contributed by atoms with Gasteiger partial charge in [-0.25, -0.2) is 4.79 Å². The number of anilines is 1. The van der Waals surface area contributed by atoms with E-state index in [0.29, 0.717) is 16.3 Å². The molecule has 0 aromatic heterocycles. The second-order valence-corrected chi connectivity index (χ2v) is 5.37. The predicted octanol–water partition coefficient (Wildman–Crippen LogP) is 4.87. The Morgan fingerprint density at radius 3 is 2.62 bits per heavy atom. The zero-order valence-corrected chi connectivity index (χ0v) is 13.3. The molecule has 0 saturated heterocycles. The number of ether oxygens (including phenoxy) is 1. The fraction of sp³-hybridized carbons (Fsp3) is 0.188. The standard InChI is InChI=1S/C16H14ClF3N2O2/c1-10-5-6-12(8-14(10)17)22-15(23)21-9-11-3-2-4-13(7-11)24-16(18,19)20/h2-8H,9H2,1H3,(H2,21,22,23). The van der Waals surface area contributed by atoms with E-state index in [1.165, 1.54) is 18.2 Å². The topological polar surface area (TPSA) is 50.4 Å². The van der Waals surface area contributed by atoms with Gasteiger partial charge in [0.05, 0.1) is 0 Å². The number of carbonyl (C=O) groups excluding carboxylic acids is 1. The quantitative estimate of drug-likeness (QED) is 0.819. The van der Waals surface area contributed by atoms with Crippen molar-refractivity contribution in [2.75, 3.05) is 5.32 Å². The van der Waals surface area contributed by atoms with Crippen LogP contribution in [-0.4, -0.2) is 12.4 Å². The van der Waals surface area contributed by atoms with Crippen LogP contribution >= 0.6 is 11.6 Å². The van der Waals surface area contributed by atoms with Crippen molar-refractivity contribution < 1.29 is 22.7 Å². The summed E-state index contributed by atoms with van der Waals surface area (Å²) in [5, 5.41) is 5.65. The Hall–Kier alpha value is -2.41. The third-order valence-electron chi connectivity index (χ3n) is 3.01. The Morgan fingerprint density at radius 2 is 1.96 bits per heavy atom. The Bertz CT molecular complexity index is 736. The van der Waals surface area contributed by atoms with Crippen LogP contribution in [-0.2, 0) is 6.54 Å². The normalized spacial score (nSPS) is 11.0. The molecule has 2 aromatic rings. The fourth-order valence-electron chi connectivity index (χ4n) is 1.88. The molecule has 0 spiro atoms. The van der Waals surface area contributed by atoms with Crippen molar-refractivity contribution >= 4 is 23.3 Å². The Balaban J connectivity index is 1.91. The van der Waals surface area contributed by atoms with Gasteiger partial charge in [0.25, 0.3) is 0 Å². The van der Waals surface area contributed by atoms with Gasteiger partial charge in [-0.05, 0) is 42.3 Å². The van der Waals surface area contributed by atoms with Crippen LogP contribution in [0.4, 0.5) is 23.7 Å². The maximum atomic E-state index is 12.2. The van der Waals surface area contributed by atoms with Gasteiger partial charge < -0.3 is 15.4 Å². The number of rotatable bonds is 4. The molecule has 0 aliphatic carbocycles. The molecule has 2 amide bonds. The van der Waals surface area contributed by atoms with Gasteiger partial charge in [0, 0.05) is 17.3 Å². The number of alkyl halides is 3. The molecule has 24 heavy (non-hydrogen) atoms. The summed E-state index contributed by atoms with van der Waals surface area (Å²) in [4.78, 5) is 11.8. The molecule has 0 fully saturated rings. The van der Waals surface area contributed by atoms with E-state index in [0.717, 1.165) is 5.56 Å². The lowest BCUT2D eigenvalue weighted by Crippen LogP contribution is -2.28. The summed E-state index contributed by atoms with van der Waals surface area (Å²) < 4.78 is 40.4. The summed E-state index contributed by atoms with van der Waals surface area (Å²) >= 11 is 5.96. The number of carbonyl (C=O) groups is 1. The first kappa shape index (κ1) is 17.9. The molecule has 2 aromatic carbocycles. The van der Waals surface area contributed by atoms with Gasteiger partial charge in [-0.1, -0.05) is 29.8 Å². The number of hydrogen-bond acceptors (Lipinski definition) is 2. The van der Waals surface area contributed by atoms with E-state index in [2.05, 4.69) is 15.4 Å². The van der Waals surface area contributed by atoms with Crippen molar-refractivity contribution in [2.24, 2.45) is 0 Å². The minimum atomic E-state index is -4.76. The van der Waals surface area contributed by atoms with Crippen molar-refractivity contribution in [3.63, 3.8) is 0 Å². The van der Waals surface area contributed by atoms with E-state index in [1.54, 1.807) is 24.3 Å². The highest BCUT2D eigenvalue weighted by Crippen LogP contribution is 2.23. The van der Waals surface area contributed by atoms with Crippen LogP contribution in [0.1, 0.15) is 11.1 Å². The van der Waals surface area contributed by atoms with Crippen LogP contribution in [0, 0.1) is 6.92 Å². The molecule has 0 heterocycles. The van der Waals surface area contributed by atoms with Crippen LogP contribution in [0.25, 0.3) is 0 Å². The predicted molar refractivity (Wildman–Crippen MR) is 85.2 cm³/mol. The first-order chi connectivity index (χ1) is 11.2. The molecule has 0 aliphatic rings. The van der Waals surface area contributed by atoms with Crippen molar-refractivity contribution in [2.45, 2.75) is 19.8 Å². The number of benzene rings is 2. The van der Waals surface area contributed by atoms with E-state index in [1.807, 2.05) is 6.92 Å². The van der Waals surface area contributed by atoms with E-state index >= 15 is 0 Å². The lowest BCUT2D eigenvalue weighted by Gasteiger charge is -2.11. The number of aryl methyl sites for hydroxylation is 1. The van der Waals surface area contributed by atoms with Crippen LogP contribution < -0.4 is 15.4 Å². The third-order valence-corrected chi connectivity index (χ3v) is 3.42. The van der Waals surface area contributed by atoms with Gasteiger partial charge in [0.2, 0.25) is 0 Å². The first-order valence-corrected chi connectivity index (χ1v) is 7.26. The summed E-state index contributed by atoms with van der Waals surface area (Å²) in [6.07, 6.45) is -4.76. The summed E-state index contributed by atoms with van der Waals surface area (Å²) in [7, 11) is 0. The molecular weight excluding hydrogens is 345 g/mol. The Labute approximate surface area is 141 Å². The van der Waals surface area contributed by atoms with E-state index in [4.69, 9.17) is 11.6 Å². The van der Waals surface area contributed by atoms with E-state index in [9.17, 15) is 18.0 Å². The van der Waals surface area contributed by atoms with E-state index in [-0.39, 0.29) is 12.3 Å². The molecule has 128 valence electrons. The van der Waals surface area contributed by atoms with E-state index < -0.39 is 12.4 Å². The average Bonchev–Trinajstić information content (AvgIpc) is 2.48. The van der Waals surface area contributed by atoms with Crippen molar-refractivity contribution in [1.29, 1.82) is 0 Å². The van der Waals surface area contributed by atoms with Crippen molar-refractivity contribution in [3.05, 3.63) is 58.6 Å². The molecule has 4 nitrogen and oxygen atoms in total. The lowest BCUT2D eigenvalue weighted by atomic mass is 10.2. The maximum Gasteiger partial charge on any atom is 0.573 e. The zero-order valence-electron chi connectivity index (χ0n) is 12.6. The number of amides is 2. The second kappa shape index (κ2) is 7.44. The van der Waals surface area contributed by atoms with Gasteiger partial charge in [-0.3, -0.25) is 0 Å². The maximum absolute atomic E-state index is 12.2. The molecule has 2 N–H and O–H groups in total. The van der Waals surface area contributed by atoms with Gasteiger partial charge in [0.1, 0.15) is 5.75 Å². The first-order valence-electron chi connectivity index (χ1n) is 6.88. The number of urea groups is 1. The second-order valence-electron chi connectivity index (χ2n) is 4.97. The van der Waals surface area contributed by atoms with Gasteiger partial charge in [-0.15, -0.1) is 13.2 Å². The molecule has 0 atom stereocenters. The molecule has 0 saturated carbocycles. The van der Waals surface area contributed by atoms with Crippen LogP contribution in [0.5, 0.6) is 5.75 Å². The molecule has 0 radical (unpaired) electrons. The smallest absolute Gasteiger partial charge is 0.406 e. The zero-order chi connectivity index (χ0) is 17.7. The Morgan fingerprint density at radius 1 is 1.21 bits per heavy atom. The number of halogens is 4. The summed E-state index contributed by atoms with van der Waals surface area (Å²) in [5.41, 5.74) is 1.86. The molecule has 0 unspecified atom stereocenters. The lowest BCUT2D eigenvalue weighted by molar-refractivity contribution is -0.274. The summed E-state index contributed by atoms with van der Waals surface area (Å²) in [6, 6.07) is 9.93. The van der Waals surface area contributed by atoms with Crippen LogP contribution in [0.2, 0.25) is 5.02 Å². The SMILES string of the molecule is Cc1ccc(NC(=O)NCc2cccc(OC(F)(F)F)c2)cc1Cl. The molecule has 2 rings (SSSR count). The summed E-state index contributed by atoms with van der Waals surface area (Å²) in [6.45, 7) is 1.88. The molecule has 8 heteroatoms. The third kappa shape index (κ3) is 5.66. The fourth-order valence-corrected chi connectivity index (χ4v) is 2.06. The van der Waals surface area contributed by atoms with Gasteiger partial charge >= 0.3 is 12.4 Å². The van der Waals surface area contributed by atoms with Crippen LogP contribution in [0.15, 0.2) is 42.5 Å². The average molecular weight is 359 g/mol. The van der Waals surface area contributed by atoms with Gasteiger partial charge in [0.15, 0.2) is 0 Å². The van der Waals surface area contributed by atoms with Crippen molar-refractivity contribution in [1.82, 2.24) is 5.32 Å². The summed E-state index contributed by atoms with van der Waals surface area (Å²) in [5.74, 6) is -0.340. The number of nitrogens with one attached hydrogen (secondary N) is 2. The monoisotopic (exact) mass is 358 g/mol. The molecular formula is C16H14ClF3N2O2. The Kier molecular flexibility index (Phi) is 5.56. The molecule has 0 bridgehead atoms.